The van der Waals surface area contributed by atoms with Crippen molar-refractivity contribution in [2.45, 2.75) is 25.7 Å². The van der Waals surface area contributed by atoms with E-state index in [1.807, 2.05) is 6.07 Å². The van der Waals surface area contributed by atoms with E-state index in [1.54, 1.807) is 0 Å². The van der Waals surface area contributed by atoms with Gasteiger partial charge in [-0.1, -0.05) is 24.3 Å². The molecule has 2 aliphatic rings. The van der Waals surface area contributed by atoms with Crippen LogP contribution in [0.3, 0.4) is 0 Å². The molecular weight excluding hydrogens is 200 g/mol. The van der Waals surface area contributed by atoms with Crippen LogP contribution in [0.4, 0.5) is 0 Å². The van der Waals surface area contributed by atoms with Crippen LogP contribution >= 0.6 is 0 Å². The van der Waals surface area contributed by atoms with E-state index >= 15 is 0 Å². The Morgan fingerprint density at radius 2 is 2.19 bits per heavy atom. The second-order valence-electron chi connectivity index (χ2n) is 4.48. The summed E-state index contributed by atoms with van der Waals surface area (Å²) in [4.78, 5) is 11.3. The van der Waals surface area contributed by atoms with Crippen LogP contribution in [-0.2, 0) is 11.2 Å². The van der Waals surface area contributed by atoms with Gasteiger partial charge in [0.25, 0.3) is 0 Å². The van der Waals surface area contributed by atoms with Gasteiger partial charge in [-0.15, -0.1) is 0 Å². The molecule has 1 aliphatic heterocycles. The van der Waals surface area contributed by atoms with Gasteiger partial charge in [-0.25, -0.2) is 5.43 Å². The van der Waals surface area contributed by atoms with Gasteiger partial charge in [0.05, 0.1) is 5.71 Å². The zero-order chi connectivity index (χ0) is 11.0. The van der Waals surface area contributed by atoms with E-state index in [2.05, 4.69) is 28.7 Å². The van der Waals surface area contributed by atoms with Crippen LogP contribution in [0, 0.1) is 5.92 Å². The molecule has 16 heavy (non-hydrogen) atoms. The fourth-order valence-corrected chi connectivity index (χ4v) is 2.63. The maximum atomic E-state index is 11.3. The van der Waals surface area contributed by atoms with Crippen LogP contribution in [0.25, 0.3) is 0 Å². The number of hydrazone groups is 1. The second-order valence-corrected chi connectivity index (χ2v) is 4.48. The van der Waals surface area contributed by atoms with Crippen LogP contribution in [0.2, 0.25) is 0 Å². The largest absolute Gasteiger partial charge is 0.273 e. The predicted molar refractivity (Wildman–Crippen MR) is 62.2 cm³/mol. The van der Waals surface area contributed by atoms with E-state index < -0.39 is 0 Å². The van der Waals surface area contributed by atoms with Crippen molar-refractivity contribution in [2.75, 3.05) is 0 Å². The molecule has 0 saturated heterocycles. The van der Waals surface area contributed by atoms with Gasteiger partial charge in [-0.3, -0.25) is 4.79 Å². The van der Waals surface area contributed by atoms with Crippen LogP contribution in [0.15, 0.2) is 29.4 Å². The van der Waals surface area contributed by atoms with Gasteiger partial charge in [0.1, 0.15) is 0 Å². The third-order valence-electron chi connectivity index (χ3n) is 3.41. The Hall–Kier alpha value is -1.64. The normalized spacial score (nSPS) is 23.6. The van der Waals surface area contributed by atoms with Crippen LogP contribution in [0.1, 0.15) is 30.4 Å². The van der Waals surface area contributed by atoms with Gasteiger partial charge in [0.2, 0.25) is 5.91 Å². The average Bonchev–Trinajstić information content (AvgIpc) is 2.47. The highest BCUT2D eigenvalue weighted by atomic mass is 16.2. The molecule has 0 saturated carbocycles. The molecule has 0 radical (unpaired) electrons. The number of amides is 1. The van der Waals surface area contributed by atoms with Crippen molar-refractivity contribution in [2.24, 2.45) is 11.0 Å². The van der Waals surface area contributed by atoms with Gasteiger partial charge in [0.15, 0.2) is 0 Å². The molecule has 1 heterocycles. The lowest BCUT2D eigenvalue weighted by Crippen LogP contribution is -2.33. The van der Waals surface area contributed by atoms with Gasteiger partial charge >= 0.3 is 0 Å². The Labute approximate surface area is 94.6 Å². The fraction of sp³-hybridized carbons (Fsp3) is 0.385. The van der Waals surface area contributed by atoms with Crippen molar-refractivity contribution in [3.63, 3.8) is 0 Å². The molecule has 0 unspecified atom stereocenters. The van der Waals surface area contributed by atoms with E-state index in [-0.39, 0.29) is 5.91 Å². The lowest BCUT2D eigenvalue weighted by atomic mass is 9.90. The number of nitrogens with zero attached hydrogens (tertiary/aromatic N) is 1. The topological polar surface area (TPSA) is 41.5 Å². The summed E-state index contributed by atoms with van der Waals surface area (Å²) in [5, 5.41) is 4.25. The molecule has 3 rings (SSSR count). The number of hydrogen-bond donors (Lipinski definition) is 1. The number of nitrogens with one attached hydrogen (secondary N) is 1. The third kappa shape index (κ3) is 1.52. The minimum absolute atomic E-state index is 0.0492. The minimum Gasteiger partial charge on any atom is -0.273 e. The number of benzene rings is 1. The minimum atomic E-state index is 0.0492. The van der Waals surface area contributed by atoms with Gasteiger partial charge < -0.3 is 0 Å². The molecule has 3 heteroatoms. The first-order valence-corrected chi connectivity index (χ1v) is 5.79. The highest BCUT2D eigenvalue weighted by Gasteiger charge is 2.28. The molecule has 3 nitrogen and oxygen atoms in total. The Bertz CT molecular complexity index is 465. The fourth-order valence-electron chi connectivity index (χ4n) is 2.63. The molecule has 1 N–H and O–H groups in total. The Morgan fingerprint density at radius 1 is 1.31 bits per heavy atom. The summed E-state index contributed by atoms with van der Waals surface area (Å²) in [5.41, 5.74) is 6.26. The van der Waals surface area contributed by atoms with Crippen molar-refractivity contribution < 1.29 is 4.79 Å². The van der Waals surface area contributed by atoms with Crippen molar-refractivity contribution in [3.8, 4) is 0 Å². The lowest BCUT2D eigenvalue weighted by Gasteiger charge is -2.21. The second kappa shape index (κ2) is 3.74. The summed E-state index contributed by atoms with van der Waals surface area (Å²) in [6.45, 7) is 0. The zero-order valence-corrected chi connectivity index (χ0v) is 9.07. The number of aryl methyl sites for hydroxylation is 1. The molecule has 0 bridgehead atoms. The van der Waals surface area contributed by atoms with Crippen molar-refractivity contribution in [3.05, 3.63) is 35.4 Å². The Morgan fingerprint density at radius 3 is 3.12 bits per heavy atom. The molecule has 0 spiro atoms. The van der Waals surface area contributed by atoms with E-state index in [0.29, 0.717) is 12.3 Å². The average molecular weight is 214 g/mol. The van der Waals surface area contributed by atoms with Crippen molar-refractivity contribution >= 4 is 11.6 Å². The Kier molecular flexibility index (Phi) is 2.24. The number of rotatable bonds is 0. The zero-order valence-electron chi connectivity index (χ0n) is 9.07. The molecule has 1 aromatic carbocycles. The maximum absolute atomic E-state index is 11.3. The van der Waals surface area contributed by atoms with Gasteiger partial charge in [0, 0.05) is 17.9 Å². The molecule has 0 fully saturated rings. The number of carbonyl (C=O) groups is 1. The van der Waals surface area contributed by atoms with Crippen molar-refractivity contribution in [1.29, 1.82) is 0 Å². The monoisotopic (exact) mass is 214 g/mol. The van der Waals surface area contributed by atoms with E-state index in [4.69, 9.17) is 0 Å². The van der Waals surface area contributed by atoms with Crippen LogP contribution in [0.5, 0.6) is 0 Å². The number of hydrogen-bond acceptors (Lipinski definition) is 2. The molecule has 82 valence electrons. The molecule has 1 amide bonds. The first kappa shape index (κ1) is 9.58. The summed E-state index contributed by atoms with van der Waals surface area (Å²) >= 11 is 0. The van der Waals surface area contributed by atoms with Gasteiger partial charge in [-0.2, -0.15) is 5.10 Å². The lowest BCUT2D eigenvalue weighted by molar-refractivity contribution is -0.122. The molecule has 1 aliphatic carbocycles. The Balaban J connectivity index is 2.09. The molecule has 1 atom stereocenters. The molecular formula is C13H14N2O. The third-order valence-corrected chi connectivity index (χ3v) is 3.41. The van der Waals surface area contributed by atoms with Crippen molar-refractivity contribution in [1.82, 2.24) is 5.43 Å². The summed E-state index contributed by atoms with van der Waals surface area (Å²) in [5.74, 6) is 0.366. The first-order valence-electron chi connectivity index (χ1n) is 5.79. The van der Waals surface area contributed by atoms with Gasteiger partial charge in [-0.05, 0) is 24.8 Å². The number of fused-ring (bicyclic) bond motifs is 3. The summed E-state index contributed by atoms with van der Waals surface area (Å²) in [7, 11) is 0. The van der Waals surface area contributed by atoms with E-state index in [0.717, 1.165) is 25.0 Å². The summed E-state index contributed by atoms with van der Waals surface area (Å²) in [6, 6.07) is 8.39. The van der Waals surface area contributed by atoms with E-state index in [9.17, 15) is 4.79 Å². The number of carbonyl (C=O) groups excluding carboxylic acids is 1. The predicted octanol–water partition coefficient (Wildman–Crippen LogP) is 1.86. The summed E-state index contributed by atoms with van der Waals surface area (Å²) < 4.78 is 0. The standard InChI is InChI=1S/C13H14N2O/c16-12-8-10-6-3-5-9-4-1-2-7-11(9)13(10)15-14-12/h1-2,4,7,10H,3,5-6,8H2,(H,14,16)/t10-/m0/s1. The quantitative estimate of drug-likeness (QED) is 0.703. The highest BCUT2D eigenvalue weighted by molar-refractivity contribution is 6.07. The maximum Gasteiger partial charge on any atom is 0.240 e. The molecule has 1 aromatic rings. The smallest absolute Gasteiger partial charge is 0.240 e. The SMILES string of the molecule is O=C1C[C@@H]2CCCc3ccccc3C2=NN1. The van der Waals surface area contributed by atoms with Crippen LogP contribution in [-0.4, -0.2) is 11.6 Å². The van der Waals surface area contributed by atoms with Crippen LogP contribution < -0.4 is 5.43 Å². The van der Waals surface area contributed by atoms with E-state index in [1.165, 1.54) is 11.1 Å². The first-order chi connectivity index (χ1) is 7.84. The highest BCUT2D eigenvalue weighted by Crippen LogP contribution is 2.28. The summed E-state index contributed by atoms with van der Waals surface area (Å²) in [6.07, 6.45) is 3.90. The molecule has 0 aromatic heterocycles.